The van der Waals surface area contributed by atoms with Crippen LogP contribution in [0.5, 0.6) is 0 Å². The predicted molar refractivity (Wildman–Crippen MR) is 60.7 cm³/mol. The Bertz CT molecular complexity index is 404. The van der Waals surface area contributed by atoms with E-state index in [1.807, 2.05) is 0 Å². The lowest BCUT2D eigenvalue weighted by Crippen LogP contribution is -2.24. The van der Waals surface area contributed by atoms with Crippen LogP contribution in [0.1, 0.15) is 12.5 Å². The minimum absolute atomic E-state index is 0.0000463. The molecular formula is C9H11ClN4O2. The molecule has 1 heterocycles. The van der Waals surface area contributed by atoms with Crippen molar-refractivity contribution in [3.05, 3.63) is 39.2 Å². The monoisotopic (exact) mass is 242 g/mol. The number of aromatic nitrogens is 1. The van der Waals surface area contributed by atoms with Gasteiger partial charge in [-0.05, 0) is 18.1 Å². The molecule has 0 saturated carbocycles. The average molecular weight is 243 g/mol. The summed E-state index contributed by atoms with van der Waals surface area (Å²) in [4.78, 5) is 14.0. The largest absolute Gasteiger partial charge is 0.382 e. The minimum Gasteiger partial charge on any atom is -0.382 e. The van der Waals surface area contributed by atoms with E-state index in [0.29, 0.717) is 11.6 Å². The van der Waals surface area contributed by atoms with Crippen molar-refractivity contribution in [3.8, 4) is 0 Å². The lowest BCUT2D eigenvalue weighted by molar-refractivity contribution is -0.485. The van der Waals surface area contributed by atoms with Gasteiger partial charge >= 0.3 is 0 Å². The predicted octanol–water partition coefficient (Wildman–Crippen LogP) is 1.46. The van der Waals surface area contributed by atoms with E-state index in [9.17, 15) is 10.1 Å². The van der Waals surface area contributed by atoms with Crippen molar-refractivity contribution < 1.29 is 5.03 Å². The van der Waals surface area contributed by atoms with E-state index in [0.717, 1.165) is 5.56 Å². The smallest absolute Gasteiger partial charge is 0.192 e. The van der Waals surface area contributed by atoms with Gasteiger partial charge in [-0.25, -0.2) is 15.1 Å². The third-order valence-corrected chi connectivity index (χ3v) is 2.26. The Morgan fingerprint density at radius 3 is 2.94 bits per heavy atom. The second-order valence-electron chi connectivity index (χ2n) is 3.36. The first-order chi connectivity index (χ1) is 7.49. The van der Waals surface area contributed by atoms with Crippen molar-refractivity contribution in [1.82, 2.24) is 4.98 Å². The molecule has 6 nitrogen and oxygen atoms in total. The topological polar surface area (TPSA) is 94.4 Å². The molecule has 0 aliphatic rings. The molecule has 0 aromatic carbocycles. The van der Waals surface area contributed by atoms with Gasteiger partial charge in [0.05, 0.1) is 5.10 Å². The van der Waals surface area contributed by atoms with Gasteiger partial charge in [0.1, 0.15) is 5.15 Å². The molecule has 1 unspecified atom stereocenters. The van der Waals surface area contributed by atoms with Gasteiger partial charge in [-0.2, -0.15) is 0 Å². The Balaban J connectivity index is 2.67. The maximum Gasteiger partial charge on any atom is 0.192 e. The molecule has 0 aliphatic heterocycles. The first-order valence-electron chi connectivity index (χ1n) is 4.58. The van der Waals surface area contributed by atoms with Crippen molar-refractivity contribution in [2.45, 2.75) is 13.3 Å². The molecule has 0 fully saturated rings. The van der Waals surface area contributed by atoms with Gasteiger partial charge in [0.2, 0.25) is 0 Å². The molecule has 1 aromatic rings. The first kappa shape index (κ1) is 12.4. The summed E-state index contributed by atoms with van der Waals surface area (Å²) in [5.41, 5.74) is 6.36. The number of pyridine rings is 1. The number of hydrazone groups is 1. The van der Waals surface area contributed by atoms with Crippen LogP contribution in [-0.2, 0) is 6.42 Å². The van der Waals surface area contributed by atoms with E-state index >= 15 is 0 Å². The number of hydrogen-bond donors (Lipinski definition) is 1. The molecule has 1 atom stereocenters. The molecule has 0 spiro atoms. The van der Waals surface area contributed by atoms with Gasteiger partial charge in [0, 0.05) is 12.1 Å². The van der Waals surface area contributed by atoms with Crippen molar-refractivity contribution >= 4 is 17.4 Å². The highest BCUT2D eigenvalue weighted by Crippen LogP contribution is 2.10. The van der Waals surface area contributed by atoms with Crippen LogP contribution < -0.4 is 5.73 Å². The van der Waals surface area contributed by atoms with Gasteiger partial charge in [0.15, 0.2) is 10.9 Å². The summed E-state index contributed by atoms with van der Waals surface area (Å²) >= 11 is 5.63. The third-order valence-electron chi connectivity index (χ3n) is 2.03. The lowest BCUT2D eigenvalue weighted by atomic mass is 10.0. The molecule has 0 aliphatic carbocycles. The van der Waals surface area contributed by atoms with Crippen molar-refractivity contribution in [2.75, 3.05) is 0 Å². The van der Waals surface area contributed by atoms with Crippen LogP contribution in [-0.4, -0.2) is 15.9 Å². The molecule has 0 saturated heterocycles. The van der Waals surface area contributed by atoms with Crippen LogP contribution in [0.4, 0.5) is 0 Å². The van der Waals surface area contributed by atoms with Gasteiger partial charge in [-0.1, -0.05) is 24.6 Å². The molecule has 16 heavy (non-hydrogen) atoms. The lowest BCUT2D eigenvalue weighted by Gasteiger charge is -2.07. The number of nitro groups is 1. The third kappa shape index (κ3) is 3.82. The summed E-state index contributed by atoms with van der Waals surface area (Å²) in [6, 6.07) is 3.45. The number of nitrogens with two attached hydrogens (primary N) is 1. The zero-order valence-corrected chi connectivity index (χ0v) is 9.39. The van der Waals surface area contributed by atoms with Crippen molar-refractivity contribution in [3.63, 3.8) is 0 Å². The highest BCUT2D eigenvalue weighted by molar-refractivity contribution is 6.29. The standard InChI is InChI=1S/C9H11ClN4O2/c1-6(9(11)13-14(15)16)4-7-2-3-8(10)12-5-7/h2-3,5-6H,4H2,1H3,(H2,11,13). The van der Waals surface area contributed by atoms with Crippen LogP contribution in [0.15, 0.2) is 23.4 Å². The Morgan fingerprint density at radius 1 is 1.75 bits per heavy atom. The summed E-state index contributed by atoms with van der Waals surface area (Å²) in [6.07, 6.45) is 2.14. The molecule has 7 heteroatoms. The quantitative estimate of drug-likeness (QED) is 0.284. The van der Waals surface area contributed by atoms with Gasteiger partial charge in [0.25, 0.3) is 0 Å². The van der Waals surface area contributed by atoms with Crippen molar-refractivity contribution in [2.24, 2.45) is 16.8 Å². The van der Waals surface area contributed by atoms with Crippen LogP contribution in [0.2, 0.25) is 5.15 Å². The van der Waals surface area contributed by atoms with Crippen LogP contribution in [0.25, 0.3) is 0 Å². The highest BCUT2D eigenvalue weighted by Gasteiger charge is 2.11. The van der Waals surface area contributed by atoms with Gasteiger partial charge < -0.3 is 5.73 Å². The van der Waals surface area contributed by atoms with E-state index in [-0.39, 0.29) is 11.8 Å². The maximum atomic E-state index is 10.1. The van der Waals surface area contributed by atoms with E-state index in [1.165, 1.54) is 0 Å². The van der Waals surface area contributed by atoms with E-state index in [2.05, 4.69) is 10.1 Å². The Labute approximate surface area is 97.3 Å². The number of hydrogen-bond acceptors (Lipinski definition) is 3. The van der Waals surface area contributed by atoms with E-state index in [4.69, 9.17) is 17.3 Å². The molecular weight excluding hydrogens is 232 g/mol. The molecule has 86 valence electrons. The second kappa shape index (κ2) is 5.41. The molecule has 0 radical (unpaired) electrons. The van der Waals surface area contributed by atoms with Crippen LogP contribution >= 0.6 is 11.6 Å². The van der Waals surface area contributed by atoms with Gasteiger partial charge in [-0.15, -0.1) is 0 Å². The minimum atomic E-state index is -0.800. The fraction of sp³-hybridized carbons (Fsp3) is 0.333. The number of rotatable bonds is 4. The Kier molecular flexibility index (Phi) is 4.19. The fourth-order valence-corrected chi connectivity index (χ4v) is 1.29. The highest BCUT2D eigenvalue weighted by atomic mass is 35.5. The van der Waals surface area contributed by atoms with Gasteiger partial charge in [-0.3, -0.25) is 0 Å². The summed E-state index contributed by atoms with van der Waals surface area (Å²) in [6.45, 7) is 1.76. The Morgan fingerprint density at radius 2 is 2.44 bits per heavy atom. The zero-order valence-electron chi connectivity index (χ0n) is 8.63. The molecule has 2 N–H and O–H groups in total. The SMILES string of the molecule is CC(Cc1ccc(Cl)nc1)/C(N)=N/[N+](=O)[O-]. The molecule has 1 rings (SSSR count). The second-order valence-corrected chi connectivity index (χ2v) is 3.74. The van der Waals surface area contributed by atoms with Crippen molar-refractivity contribution in [1.29, 1.82) is 0 Å². The van der Waals surface area contributed by atoms with Crippen LogP contribution in [0.3, 0.4) is 0 Å². The van der Waals surface area contributed by atoms with E-state index in [1.54, 1.807) is 25.3 Å². The fourth-order valence-electron chi connectivity index (χ4n) is 1.18. The number of nitrogens with zero attached hydrogens (tertiary/aromatic N) is 3. The summed E-state index contributed by atoms with van der Waals surface area (Å²) in [5, 5.41) is 12.8. The summed E-state index contributed by atoms with van der Waals surface area (Å²) < 4.78 is 0. The normalized spacial score (nSPS) is 13.5. The molecule has 1 aromatic heterocycles. The number of amidine groups is 1. The van der Waals surface area contributed by atoms with Crippen LogP contribution in [0, 0.1) is 16.0 Å². The summed E-state index contributed by atoms with van der Waals surface area (Å²) in [5.74, 6) is -0.215. The zero-order chi connectivity index (χ0) is 12.1. The van der Waals surface area contributed by atoms with E-state index < -0.39 is 5.03 Å². The summed E-state index contributed by atoms with van der Waals surface area (Å²) in [7, 11) is 0. The maximum absolute atomic E-state index is 10.1. The average Bonchev–Trinajstić information content (AvgIpc) is 2.20. The molecule has 0 bridgehead atoms. The number of halogens is 1. The molecule has 0 amide bonds. The first-order valence-corrected chi connectivity index (χ1v) is 4.95. The Hall–Kier alpha value is -1.69.